The van der Waals surface area contributed by atoms with E-state index in [4.69, 9.17) is 0 Å². The van der Waals surface area contributed by atoms with Crippen LogP contribution in [0.3, 0.4) is 0 Å². The van der Waals surface area contributed by atoms with Gasteiger partial charge in [-0.3, -0.25) is 0 Å². The fourth-order valence-electron chi connectivity index (χ4n) is 2.62. The zero-order valence-corrected chi connectivity index (χ0v) is 12.3. The van der Waals surface area contributed by atoms with E-state index in [2.05, 4.69) is 20.7 Å². The number of carboxylic acid groups (broad SMARTS) is 1. The minimum atomic E-state index is -1.13. The van der Waals surface area contributed by atoms with Crippen molar-refractivity contribution in [1.29, 1.82) is 0 Å². The lowest BCUT2D eigenvalue weighted by molar-refractivity contribution is -0.144. The molecule has 1 fully saturated rings. The van der Waals surface area contributed by atoms with Gasteiger partial charge in [-0.2, -0.15) is 5.10 Å². The molecule has 0 unspecified atom stereocenters. The van der Waals surface area contributed by atoms with Crippen molar-refractivity contribution in [3.05, 3.63) is 12.2 Å². The number of amides is 2. The molecule has 0 spiro atoms. The van der Waals surface area contributed by atoms with Crippen molar-refractivity contribution in [1.82, 2.24) is 25.4 Å². The highest BCUT2D eigenvalue weighted by Crippen LogP contribution is 2.29. The largest absolute Gasteiger partial charge is 0.480 e. The van der Waals surface area contributed by atoms with Crippen LogP contribution in [-0.2, 0) is 11.3 Å². The number of hydrogen-bond acceptors (Lipinski definition) is 4. The smallest absolute Gasteiger partial charge is 0.329 e. The summed E-state index contributed by atoms with van der Waals surface area (Å²) in [5, 5.41) is 18.6. The second-order valence-electron chi connectivity index (χ2n) is 5.62. The Morgan fingerprint density at radius 3 is 2.67 bits per heavy atom. The van der Waals surface area contributed by atoms with Crippen molar-refractivity contribution in [3.63, 3.8) is 0 Å². The Kier molecular flexibility index (Phi) is 4.44. The number of rotatable bonds is 5. The molecule has 2 rings (SSSR count). The van der Waals surface area contributed by atoms with Crippen LogP contribution in [-0.4, -0.2) is 37.4 Å². The van der Waals surface area contributed by atoms with Gasteiger partial charge in [0.05, 0.1) is 6.54 Å². The van der Waals surface area contributed by atoms with E-state index in [1.165, 1.54) is 6.33 Å². The first-order valence-electron chi connectivity index (χ1n) is 7.12. The topological polar surface area (TPSA) is 109 Å². The molecule has 8 heteroatoms. The van der Waals surface area contributed by atoms with Crippen LogP contribution < -0.4 is 10.6 Å². The zero-order chi connectivity index (χ0) is 15.5. The van der Waals surface area contributed by atoms with Gasteiger partial charge in [0, 0.05) is 6.04 Å². The average molecular weight is 295 g/mol. The summed E-state index contributed by atoms with van der Waals surface area (Å²) in [4.78, 5) is 27.4. The normalized spacial score (nSPS) is 16.9. The van der Waals surface area contributed by atoms with E-state index in [-0.39, 0.29) is 12.6 Å². The first-order chi connectivity index (χ1) is 9.94. The number of carboxylic acids is 1. The Labute approximate surface area is 122 Å². The van der Waals surface area contributed by atoms with Crippen molar-refractivity contribution in [2.24, 2.45) is 0 Å². The number of hydrogen-bond donors (Lipinski definition) is 3. The van der Waals surface area contributed by atoms with Crippen molar-refractivity contribution in [3.8, 4) is 0 Å². The summed E-state index contributed by atoms with van der Waals surface area (Å²) in [6.45, 7) is 4.14. The molecule has 0 radical (unpaired) electrons. The quantitative estimate of drug-likeness (QED) is 0.752. The maximum Gasteiger partial charge on any atom is 0.329 e. The molecule has 0 atom stereocenters. The Morgan fingerprint density at radius 2 is 2.10 bits per heavy atom. The monoisotopic (exact) mass is 295 g/mol. The highest BCUT2D eigenvalue weighted by molar-refractivity contribution is 5.86. The van der Waals surface area contributed by atoms with E-state index in [9.17, 15) is 14.7 Å². The number of aromatic nitrogens is 3. The van der Waals surface area contributed by atoms with Crippen LogP contribution in [0.25, 0.3) is 0 Å². The molecule has 0 aliphatic heterocycles. The molecule has 116 valence electrons. The van der Waals surface area contributed by atoms with Crippen molar-refractivity contribution in [2.75, 3.05) is 0 Å². The predicted molar refractivity (Wildman–Crippen MR) is 74.6 cm³/mol. The summed E-state index contributed by atoms with van der Waals surface area (Å²) < 4.78 is 1.71. The van der Waals surface area contributed by atoms with E-state index in [0.29, 0.717) is 18.7 Å². The Morgan fingerprint density at radius 1 is 1.43 bits per heavy atom. The van der Waals surface area contributed by atoms with Gasteiger partial charge in [-0.05, 0) is 26.7 Å². The van der Waals surface area contributed by atoms with Crippen molar-refractivity contribution in [2.45, 2.75) is 57.7 Å². The molecule has 3 N–H and O–H groups in total. The molecule has 1 aromatic rings. The van der Waals surface area contributed by atoms with Crippen LogP contribution >= 0.6 is 0 Å². The number of carbonyl (C=O) groups is 2. The molecule has 1 aliphatic carbocycles. The lowest BCUT2D eigenvalue weighted by Crippen LogP contribution is -2.55. The lowest BCUT2D eigenvalue weighted by Gasteiger charge is -2.25. The Hall–Kier alpha value is -2.12. The summed E-state index contributed by atoms with van der Waals surface area (Å²) in [5.74, 6) is -0.337. The first-order valence-corrected chi connectivity index (χ1v) is 7.12. The maximum atomic E-state index is 11.9. The van der Waals surface area contributed by atoms with Gasteiger partial charge in [0.25, 0.3) is 0 Å². The Bertz CT molecular complexity index is 520. The van der Waals surface area contributed by atoms with Crippen LogP contribution in [0.2, 0.25) is 0 Å². The third-order valence-electron chi connectivity index (χ3n) is 3.76. The van der Waals surface area contributed by atoms with E-state index in [1.54, 1.807) is 4.68 Å². The van der Waals surface area contributed by atoms with Crippen molar-refractivity contribution >= 4 is 12.0 Å². The zero-order valence-electron chi connectivity index (χ0n) is 12.3. The van der Waals surface area contributed by atoms with E-state index >= 15 is 0 Å². The van der Waals surface area contributed by atoms with Gasteiger partial charge in [-0.25, -0.2) is 19.3 Å². The van der Waals surface area contributed by atoms with Crippen LogP contribution in [0, 0.1) is 0 Å². The van der Waals surface area contributed by atoms with E-state index in [0.717, 1.165) is 12.8 Å². The average Bonchev–Trinajstić information content (AvgIpc) is 3.05. The summed E-state index contributed by atoms with van der Waals surface area (Å²) in [5.41, 5.74) is -1.13. The predicted octanol–water partition coefficient (Wildman–Crippen LogP) is 1.06. The first kappa shape index (κ1) is 15.3. The second-order valence-corrected chi connectivity index (χ2v) is 5.62. The second kappa shape index (κ2) is 6.11. The van der Waals surface area contributed by atoms with Crippen LogP contribution in [0.5, 0.6) is 0 Å². The molecule has 0 saturated heterocycles. The summed E-state index contributed by atoms with van der Waals surface area (Å²) in [6, 6.07) is -0.342. The minimum Gasteiger partial charge on any atom is -0.480 e. The van der Waals surface area contributed by atoms with Gasteiger partial charge in [-0.15, -0.1) is 0 Å². The molecule has 21 heavy (non-hydrogen) atoms. The summed E-state index contributed by atoms with van der Waals surface area (Å²) in [7, 11) is 0. The van der Waals surface area contributed by atoms with Gasteiger partial charge in [0.1, 0.15) is 17.7 Å². The lowest BCUT2D eigenvalue weighted by atomic mass is 9.98. The molecule has 0 bridgehead atoms. The molecule has 2 amide bonds. The number of aliphatic carboxylic acids is 1. The molecular formula is C13H21N5O3. The van der Waals surface area contributed by atoms with E-state index < -0.39 is 17.5 Å². The number of carbonyl (C=O) groups excluding carboxylic acids is 1. The van der Waals surface area contributed by atoms with Gasteiger partial charge in [0.2, 0.25) is 0 Å². The third-order valence-corrected chi connectivity index (χ3v) is 3.76. The highest BCUT2D eigenvalue weighted by Gasteiger charge is 2.42. The van der Waals surface area contributed by atoms with Crippen molar-refractivity contribution < 1.29 is 14.7 Å². The van der Waals surface area contributed by atoms with Gasteiger partial charge < -0.3 is 15.7 Å². The molecule has 1 saturated carbocycles. The Balaban J connectivity index is 1.93. The number of nitrogens with zero attached hydrogens (tertiary/aromatic N) is 3. The fraction of sp³-hybridized carbons (Fsp3) is 0.692. The maximum absolute atomic E-state index is 11.9. The molecular weight excluding hydrogens is 274 g/mol. The minimum absolute atomic E-state index is 0.146. The number of nitrogens with one attached hydrogen (secondary N) is 2. The number of urea groups is 1. The molecule has 1 aromatic heterocycles. The molecule has 8 nitrogen and oxygen atoms in total. The highest BCUT2D eigenvalue weighted by atomic mass is 16.4. The van der Waals surface area contributed by atoms with Gasteiger partial charge in [0.15, 0.2) is 0 Å². The summed E-state index contributed by atoms with van der Waals surface area (Å²) in [6.07, 6.45) is 4.00. The summed E-state index contributed by atoms with van der Waals surface area (Å²) >= 11 is 0. The fourth-order valence-corrected chi connectivity index (χ4v) is 2.62. The van der Waals surface area contributed by atoms with Gasteiger partial charge in [-0.1, -0.05) is 12.8 Å². The molecule has 1 aliphatic rings. The van der Waals surface area contributed by atoms with Crippen LogP contribution in [0.1, 0.15) is 51.4 Å². The standard InChI is InChI=1S/C13H21N5O3/c1-9(2)18-10(15-8-16-18)7-14-12(21)17-13(11(19)20)5-3-4-6-13/h8-9H,3-7H2,1-2H3,(H,19,20)(H2,14,17,21). The SMILES string of the molecule is CC(C)n1ncnc1CNC(=O)NC1(C(=O)O)CCCC1. The van der Waals surface area contributed by atoms with E-state index in [1.807, 2.05) is 13.8 Å². The molecule has 1 heterocycles. The molecule has 0 aromatic carbocycles. The van der Waals surface area contributed by atoms with Crippen LogP contribution in [0.15, 0.2) is 6.33 Å². The van der Waals surface area contributed by atoms with Crippen LogP contribution in [0.4, 0.5) is 4.79 Å². The van der Waals surface area contributed by atoms with Gasteiger partial charge >= 0.3 is 12.0 Å². The third kappa shape index (κ3) is 3.32.